The molecule has 2 aromatic carbocycles. The number of nitrogens with one attached hydrogen (secondary N) is 1. The van der Waals surface area contributed by atoms with Gasteiger partial charge in [-0.25, -0.2) is 8.42 Å². The van der Waals surface area contributed by atoms with E-state index in [4.69, 9.17) is 5.73 Å². The van der Waals surface area contributed by atoms with Crippen molar-refractivity contribution in [1.82, 2.24) is 0 Å². The molecule has 28 heavy (non-hydrogen) atoms. The normalized spacial score (nSPS) is 13.0. The fraction of sp³-hybridized carbons (Fsp3) is 0.381. The first-order valence-electron chi connectivity index (χ1n) is 8.86. The number of nitrogens with zero attached hydrogens (tertiary/aromatic N) is 1. The Labute approximate surface area is 185 Å². The second-order valence-corrected chi connectivity index (χ2v) is 7.99. The maximum absolute atomic E-state index is 12.6. The third kappa shape index (κ3) is 8.71. The summed E-state index contributed by atoms with van der Waals surface area (Å²) in [6.07, 6.45) is 1.62. The van der Waals surface area contributed by atoms with Crippen molar-refractivity contribution in [2.45, 2.75) is 38.8 Å². The average molecular weight is 510 g/mol. The molecular weight excluding hydrogens is 481 g/mol. The molecule has 2 rings (SSSR count). The van der Waals surface area contributed by atoms with E-state index in [0.717, 1.165) is 24.0 Å². The number of sulfonamides is 1. The molecule has 7 heteroatoms. The summed E-state index contributed by atoms with van der Waals surface area (Å²) in [6.45, 7) is 3.99. The molecule has 0 fully saturated rings. The molecule has 0 aliphatic heterocycles. The standard InChI is InChI=1S/C20H26N2O2S.CH3.ClH.Ru/c1-3-16(4-2)15-25(23,24)22-20(18-13-9-6-10-14-18)19(21)17-11-7-5-8-12-17;;;/h5-14,16,19-21H,3-4,15H2,1-2H3;1H3;1H;/q-2;-1;;+4/p-1. The second kappa shape index (κ2) is 14.2. The molecule has 0 amide bonds. The van der Waals surface area contributed by atoms with Crippen molar-refractivity contribution in [3.8, 4) is 0 Å². The van der Waals surface area contributed by atoms with E-state index in [1.54, 1.807) is 0 Å². The van der Waals surface area contributed by atoms with Crippen molar-refractivity contribution in [1.29, 1.82) is 0 Å². The van der Waals surface area contributed by atoms with Gasteiger partial charge in [0.1, 0.15) is 0 Å². The Hall–Kier alpha value is -0.777. The van der Waals surface area contributed by atoms with Crippen LogP contribution in [0.2, 0.25) is 0 Å². The summed E-state index contributed by atoms with van der Waals surface area (Å²) < 4.78 is 29.4. The molecule has 4 nitrogen and oxygen atoms in total. The van der Waals surface area contributed by atoms with Gasteiger partial charge in [0.25, 0.3) is 0 Å². The van der Waals surface area contributed by atoms with Crippen LogP contribution in [0, 0.1) is 13.3 Å². The third-order valence-electron chi connectivity index (χ3n) is 4.49. The quantitative estimate of drug-likeness (QED) is 0.275. The van der Waals surface area contributed by atoms with Gasteiger partial charge in [0.15, 0.2) is 0 Å². The van der Waals surface area contributed by atoms with Gasteiger partial charge >= 0.3 is 27.0 Å². The molecular formula is C21H29ClN2O2RuS. The van der Waals surface area contributed by atoms with E-state index in [1.165, 1.54) is 0 Å². The van der Waals surface area contributed by atoms with Crippen LogP contribution in [0.25, 0.3) is 10.5 Å². The van der Waals surface area contributed by atoms with Crippen LogP contribution >= 0.6 is 9.69 Å². The Kier molecular flexibility index (Phi) is 13.8. The van der Waals surface area contributed by atoms with Gasteiger partial charge in [-0.3, -0.25) is 0 Å². The zero-order chi connectivity index (χ0) is 20.3. The van der Waals surface area contributed by atoms with Crippen LogP contribution in [0.5, 0.6) is 0 Å². The molecule has 0 radical (unpaired) electrons. The van der Waals surface area contributed by atoms with E-state index < -0.39 is 22.1 Å². The Bertz CT molecular complexity index is 742. The van der Waals surface area contributed by atoms with Crippen molar-refractivity contribution in [3.05, 3.63) is 89.7 Å². The predicted molar refractivity (Wildman–Crippen MR) is 116 cm³/mol. The zero-order valence-electron chi connectivity index (χ0n) is 16.5. The molecule has 2 aromatic rings. The van der Waals surface area contributed by atoms with Crippen LogP contribution in [0.1, 0.15) is 49.9 Å². The van der Waals surface area contributed by atoms with Crippen LogP contribution < -0.4 is 0 Å². The molecule has 0 aliphatic rings. The number of benzene rings is 2. The molecule has 0 heterocycles. The molecule has 0 aliphatic carbocycles. The van der Waals surface area contributed by atoms with Crippen molar-refractivity contribution in [2.75, 3.05) is 5.75 Å². The summed E-state index contributed by atoms with van der Waals surface area (Å²) in [4.78, 5) is 0. The minimum absolute atomic E-state index is 0. The van der Waals surface area contributed by atoms with Crippen molar-refractivity contribution < 1.29 is 25.7 Å². The average Bonchev–Trinajstić information content (AvgIpc) is 2.72. The molecule has 1 N–H and O–H groups in total. The van der Waals surface area contributed by atoms with E-state index in [9.17, 15) is 8.42 Å². The molecule has 0 spiro atoms. The van der Waals surface area contributed by atoms with E-state index in [-0.39, 0.29) is 19.1 Å². The van der Waals surface area contributed by atoms with Gasteiger partial charge in [0.05, 0.1) is 10.0 Å². The fourth-order valence-corrected chi connectivity index (χ4v) is 4.59. The Balaban J connectivity index is 0.00000235. The summed E-state index contributed by atoms with van der Waals surface area (Å²) >= 11 is 1.82. The number of hydrogen-bond acceptors (Lipinski definition) is 2. The molecule has 0 saturated carbocycles. The van der Waals surface area contributed by atoms with E-state index in [2.05, 4.69) is 14.4 Å². The summed E-state index contributed by atoms with van der Waals surface area (Å²) in [5.41, 5.74) is 10.1. The second-order valence-electron chi connectivity index (χ2n) is 6.28. The van der Waals surface area contributed by atoms with Crippen LogP contribution in [0.15, 0.2) is 60.7 Å². The van der Waals surface area contributed by atoms with Crippen molar-refractivity contribution >= 4 is 19.7 Å². The van der Waals surface area contributed by atoms with Gasteiger partial charge in [0.2, 0.25) is 0 Å². The van der Waals surface area contributed by atoms with Gasteiger partial charge in [0, 0.05) is 5.75 Å². The van der Waals surface area contributed by atoms with Gasteiger partial charge in [-0.05, 0) is 5.92 Å². The van der Waals surface area contributed by atoms with E-state index in [1.807, 2.05) is 91.8 Å². The molecule has 0 saturated heterocycles. The summed E-state index contributed by atoms with van der Waals surface area (Å²) in [6, 6.07) is 17.0. The van der Waals surface area contributed by atoms with Gasteiger partial charge in [-0.2, -0.15) is 0 Å². The van der Waals surface area contributed by atoms with Crippen LogP contribution in [-0.2, 0) is 27.3 Å². The first kappa shape index (κ1) is 27.2. The van der Waals surface area contributed by atoms with Crippen LogP contribution in [0.4, 0.5) is 0 Å². The summed E-state index contributed by atoms with van der Waals surface area (Å²) in [5.74, 6) is 0.149. The fourth-order valence-electron chi connectivity index (χ4n) is 2.85. The topological polar surface area (TPSA) is 72.0 Å². The zero-order valence-corrected chi connectivity index (χ0v) is 19.8. The van der Waals surface area contributed by atoms with Crippen molar-refractivity contribution in [3.63, 3.8) is 0 Å². The molecule has 2 atom stereocenters. The predicted octanol–water partition coefficient (Wildman–Crippen LogP) is 6.80. The molecule has 0 aromatic heterocycles. The van der Waals surface area contributed by atoms with E-state index >= 15 is 0 Å². The number of rotatable bonds is 9. The molecule has 156 valence electrons. The maximum atomic E-state index is 12.6. The first-order chi connectivity index (χ1) is 13.0. The monoisotopic (exact) mass is 510 g/mol. The summed E-state index contributed by atoms with van der Waals surface area (Å²) in [5, 5.41) is 0. The number of halogens is 1. The van der Waals surface area contributed by atoms with Gasteiger partial charge < -0.3 is 17.9 Å². The van der Waals surface area contributed by atoms with Gasteiger partial charge in [-0.15, -0.1) is 12.1 Å². The van der Waals surface area contributed by atoms with Crippen LogP contribution in [-0.4, -0.2) is 14.2 Å². The van der Waals surface area contributed by atoms with Gasteiger partial charge in [-0.1, -0.05) is 98.5 Å². The number of hydrogen-bond donors (Lipinski definition) is 0. The SMILES string of the molecule is CCC(CC)CS(=O)(=O)[N-]C(c1ccccc1)C([NH-])c1ccccc1.[CH3-].[Cl][Ru+3]. The molecule has 2 unspecified atom stereocenters. The first-order valence-corrected chi connectivity index (χ1v) is 12.7. The Morgan fingerprint density at radius 1 is 0.929 bits per heavy atom. The van der Waals surface area contributed by atoms with E-state index in [0.29, 0.717) is 0 Å². The molecule has 0 bridgehead atoms. The minimum atomic E-state index is -3.60. The Morgan fingerprint density at radius 2 is 1.36 bits per heavy atom. The summed E-state index contributed by atoms with van der Waals surface area (Å²) in [7, 11) is 0.969. The van der Waals surface area contributed by atoms with Crippen molar-refractivity contribution in [2.24, 2.45) is 5.92 Å². The van der Waals surface area contributed by atoms with Crippen LogP contribution in [0.3, 0.4) is 0 Å². The Morgan fingerprint density at radius 3 is 1.79 bits per heavy atom. The third-order valence-corrected chi connectivity index (χ3v) is 5.93.